The summed E-state index contributed by atoms with van der Waals surface area (Å²) in [5.41, 5.74) is 3.44. The van der Waals surface area contributed by atoms with Crippen molar-refractivity contribution in [3.8, 4) is 0 Å². The summed E-state index contributed by atoms with van der Waals surface area (Å²) in [5.74, 6) is -1.29. The second-order valence-electron chi connectivity index (χ2n) is 7.38. The summed E-state index contributed by atoms with van der Waals surface area (Å²) >= 11 is 0. The molecule has 162 valence electrons. The average Bonchev–Trinajstić information content (AvgIpc) is 2.67. The van der Waals surface area contributed by atoms with Crippen molar-refractivity contribution in [2.24, 2.45) is 5.73 Å². The first kappa shape index (κ1) is 20.8. The van der Waals surface area contributed by atoms with Gasteiger partial charge < -0.3 is 16.0 Å². The van der Waals surface area contributed by atoms with E-state index in [1.165, 1.54) is 29.2 Å². The van der Waals surface area contributed by atoms with Gasteiger partial charge in [-0.05, 0) is 30.3 Å². The Hall–Kier alpha value is -3.50. The van der Waals surface area contributed by atoms with E-state index in [0.29, 0.717) is 5.69 Å². The maximum atomic E-state index is 14.4. The zero-order valence-electron chi connectivity index (χ0n) is 15.9. The van der Waals surface area contributed by atoms with Crippen molar-refractivity contribution in [1.29, 1.82) is 0 Å². The molecule has 2 aromatic heterocycles. The Morgan fingerprint density at radius 2 is 1.94 bits per heavy atom. The van der Waals surface area contributed by atoms with Crippen molar-refractivity contribution in [3.63, 3.8) is 0 Å². The van der Waals surface area contributed by atoms with Crippen LogP contribution in [0.25, 0.3) is 10.9 Å². The summed E-state index contributed by atoms with van der Waals surface area (Å²) in [6, 6.07) is 6.38. The molecule has 0 radical (unpaired) electrons. The van der Waals surface area contributed by atoms with E-state index in [9.17, 15) is 26.7 Å². The number of carbonyl (C=O) groups excluding carboxylic acids is 1. The summed E-state index contributed by atoms with van der Waals surface area (Å²) in [6.45, 7) is 0.233. The van der Waals surface area contributed by atoms with Crippen LogP contribution in [0.2, 0.25) is 0 Å². The molecule has 0 unspecified atom stereocenters. The van der Waals surface area contributed by atoms with E-state index in [0.717, 1.165) is 18.3 Å². The predicted molar refractivity (Wildman–Crippen MR) is 102 cm³/mol. The Bertz CT molecular complexity index is 1140. The molecule has 1 fully saturated rings. The van der Waals surface area contributed by atoms with E-state index in [4.69, 9.17) is 5.73 Å². The molecule has 1 saturated heterocycles. The minimum atomic E-state index is -4.73. The molecule has 3 aromatic rings. The van der Waals surface area contributed by atoms with Gasteiger partial charge in [0.05, 0.1) is 28.2 Å². The number of nitrogens with one attached hydrogen (secondary N) is 1. The van der Waals surface area contributed by atoms with Gasteiger partial charge in [0, 0.05) is 25.3 Å². The van der Waals surface area contributed by atoms with Gasteiger partial charge in [0.25, 0.3) is 0 Å². The minimum Gasteiger partial charge on any atom is -0.383 e. The third kappa shape index (κ3) is 3.82. The zero-order chi connectivity index (χ0) is 22.4. The largest absolute Gasteiger partial charge is 0.433 e. The number of anilines is 1. The molecular weight excluding hydrogens is 421 g/mol. The monoisotopic (exact) mass is 437 g/mol. The van der Waals surface area contributed by atoms with Crippen LogP contribution < -0.4 is 11.1 Å². The third-order valence-corrected chi connectivity index (χ3v) is 5.26. The number of pyridine rings is 2. The highest BCUT2D eigenvalue weighted by molar-refractivity contribution is 5.92. The molecule has 2 amide bonds. The fourth-order valence-electron chi connectivity index (χ4n) is 3.69. The third-order valence-electron chi connectivity index (χ3n) is 5.26. The first-order chi connectivity index (χ1) is 14.6. The van der Waals surface area contributed by atoms with E-state index in [1.807, 2.05) is 0 Å². The molecule has 0 spiro atoms. The molecule has 11 heteroatoms. The minimum absolute atomic E-state index is 0.000156. The number of alkyl halides is 3. The highest BCUT2D eigenvalue weighted by atomic mass is 19.4. The van der Waals surface area contributed by atoms with Crippen LogP contribution in [0.4, 0.5) is 32.4 Å². The number of nitrogens with two attached hydrogens (primary N) is 1. The second-order valence-corrected chi connectivity index (χ2v) is 7.38. The lowest BCUT2D eigenvalue weighted by Crippen LogP contribution is -2.65. The number of hydrogen-bond acceptors (Lipinski definition) is 4. The van der Waals surface area contributed by atoms with Crippen molar-refractivity contribution in [1.82, 2.24) is 14.9 Å². The standard InChI is InChI=1S/C20H16F5N5O/c21-11-4-5-15(27-7-11)19(9-30(10-19)18(26)31)8-28-14-6-16(20(23,24)25)29-13-3-1-2-12(22)17(13)14/h1-7H,8-10H2,(H2,26,31)(H,28,29). The predicted octanol–water partition coefficient (Wildman–Crippen LogP) is 3.67. The Morgan fingerprint density at radius 3 is 2.55 bits per heavy atom. The molecule has 3 heterocycles. The number of urea groups is 1. The number of aromatic nitrogens is 2. The van der Waals surface area contributed by atoms with Crippen LogP contribution in [0.1, 0.15) is 11.4 Å². The summed E-state index contributed by atoms with van der Waals surface area (Å²) in [7, 11) is 0. The molecule has 0 saturated carbocycles. The van der Waals surface area contributed by atoms with E-state index >= 15 is 0 Å². The van der Waals surface area contributed by atoms with E-state index in [1.54, 1.807) is 0 Å². The van der Waals surface area contributed by atoms with Crippen molar-refractivity contribution in [2.45, 2.75) is 11.6 Å². The average molecular weight is 437 g/mol. The molecule has 1 aliphatic heterocycles. The number of primary amides is 1. The highest BCUT2D eigenvalue weighted by Crippen LogP contribution is 2.37. The van der Waals surface area contributed by atoms with Crippen LogP contribution in [0.15, 0.2) is 42.6 Å². The highest BCUT2D eigenvalue weighted by Gasteiger charge is 2.47. The van der Waals surface area contributed by atoms with Crippen molar-refractivity contribution in [2.75, 3.05) is 25.0 Å². The topological polar surface area (TPSA) is 84.1 Å². The van der Waals surface area contributed by atoms with Gasteiger partial charge >= 0.3 is 12.2 Å². The lowest BCUT2D eigenvalue weighted by molar-refractivity contribution is -0.140. The van der Waals surface area contributed by atoms with Crippen molar-refractivity contribution < 1.29 is 26.7 Å². The van der Waals surface area contributed by atoms with Crippen LogP contribution in [0, 0.1) is 11.6 Å². The summed E-state index contributed by atoms with van der Waals surface area (Å²) in [6.07, 6.45) is -3.72. The lowest BCUT2D eigenvalue weighted by Gasteiger charge is -2.49. The number of likely N-dealkylation sites (tertiary alicyclic amines) is 1. The first-order valence-corrected chi connectivity index (χ1v) is 9.16. The molecule has 0 aliphatic carbocycles. The number of carbonyl (C=O) groups is 1. The van der Waals surface area contributed by atoms with Crippen LogP contribution in [0.3, 0.4) is 0 Å². The summed E-state index contributed by atoms with van der Waals surface area (Å²) in [5, 5.41) is 2.77. The van der Waals surface area contributed by atoms with Crippen LogP contribution >= 0.6 is 0 Å². The van der Waals surface area contributed by atoms with Crippen molar-refractivity contribution in [3.05, 3.63) is 65.6 Å². The molecule has 3 N–H and O–H groups in total. The molecule has 0 atom stereocenters. The van der Waals surface area contributed by atoms with Gasteiger partial charge in [0.2, 0.25) is 0 Å². The van der Waals surface area contributed by atoms with Gasteiger partial charge in [0.1, 0.15) is 17.3 Å². The molecular formula is C20H16F5N5O. The Balaban J connectivity index is 1.72. The maximum Gasteiger partial charge on any atom is 0.433 e. The maximum absolute atomic E-state index is 14.4. The number of fused-ring (bicyclic) bond motifs is 1. The van der Waals surface area contributed by atoms with E-state index in [2.05, 4.69) is 15.3 Å². The SMILES string of the molecule is NC(=O)N1CC(CNc2cc(C(F)(F)F)nc3cccc(F)c23)(c2ccc(F)cn2)C1. The second kappa shape index (κ2) is 7.33. The van der Waals surface area contributed by atoms with Crippen LogP contribution in [-0.2, 0) is 11.6 Å². The van der Waals surface area contributed by atoms with Gasteiger partial charge in [-0.3, -0.25) is 4.98 Å². The lowest BCUT2D eigenvalue weighted by atomic mass is 9.76. The molecule has 31 heavy (non-hydrogen) atoms. The van der Waals surface area contributed by atoms with Crippen molar-refractivity contribution >= 4 is 22.6 Å². The van der Waals surface area contributed by atoms with Gasteiger partial charge in [0.15, 0.2) is 0 Å². The fraction of sp³-hybridized carbons (Fsp3) is 0.250. The first-order valence-electron chi connectivity index (χ1n) is 9.16. The molecule has 1 aliphatic rings. The summed E-state index contributed by atoms with van der Waals surface area (Å²) < 4.78 is 67.7. The zero-order valence-corrected chi connectivity index (χ0v) is 15.9. The Labute approximate surface area is 172 Å². The normalized spacial score (nSPS) is 15.6. The molecule has 1 aromatic carbocycles. The van der Waals surface area contributed by atoms with Gasteiger partial charge in [-0.2, -0.15) is 13.2 Å². The quantitative estimate of drug-likeness (QED) is 0.610. The number of amides is 2. The van der Waals surface area contributed by atoms with Gasteiger partial charge in [-0.15, -0.1) is 0 Å². The van der Waals surface area contributed by atoms with Crippen LogP contribution in [-0.4, -0.2) is 40.5 Å². The molecule has 0 bridgehead atoms. The number of nitrogens with zero attached hydrogens (tertiary/aromatic N) is 3. The smallest absolute Gasteiger partial charge is 0.383 e. The van der Waals surface area contributed by atoms with Gasteiger partial charge in [-0.1, -0.05) is 6.07 Å². The number of hydrogen-bond donors (Lipinski definition) is 2. The van der Waals surface area contributed by atoms with E-state index in [-0.39, 0.29) is 36.2 Å². The summed E-state index contributed by atoms with van der Waals surface area (Å²) in [4.78, 5) is 20.4. The molecule has 6 nitrogen and oxygen atoms in total. The molecule has 4 rings (SSSR count). The fourth-order valence-corrected chi connectivity index (χ4v) is 3.69. The van der Waals surface area contributed by atoms with Crippen LogP contribution in [0.5, 0.6) is 0 Å². The number of benzene rings is 1. The Kier molecular flexibility index (Phi) is 4.91. The van der Waals surface area contributed by atoms with E-state index < -0.39 is 35.0 Å². The number of halogens is 5. The van der Waals surface area contributed by atoms with Gasteiger partial charge in [-0.25, -0.2) is 18.6 Å². The number of rotatable bonds is 4. The Morgan fingerprint density at radius 1 is 1.19 bits per heavy atom.